The molecule has 26 heteroatoms. The Bertz CT molecular complexity index is 1210. The summed E-state index contributed by atoms with van der Waals surface area (Å²) in [6.07, 6.45) is -47.2. The largest absolute Gasteiger partial charge is 0.394 e. The van der Waals surface area contributed by atoms with E-state index >= 15 is 0 Å². The lowest BCUT2D eigenvalue weighted by Crippen LogP contribution is -2.68. The number of aliphatic hydroxyl groups is 17. The third-order valence-corrected chi connectivity index (χ3v) is 10.3. The van der Waals surface area contributed by atoms with Crippen molar-refractivity contribution in [1.29, 1.82) is 0 Å². The van der Waals surface area contributed by atoms with Crippen LogP contribution in [0.4, 0.5) is 0 Å². The van der Waals surface area contributed by atoms with Crippen molar-refractivity contribution in [3.05, 3.63) is 0 Å². The van der Waals surface area contributed by atoms with Crippen LogP contribution >= 0.6 is 0 Å². The van der Waals surface area contributed by atoms with E-state index < -0.39 is 187 Å². The molecule has 5 aliphatic rings. The van der Waals surface area contributed by atoms with E-state index in [4.69, 9.17) is 42.6 Å². The quantitative estimate of drug-likeness (QED) is 0.0819. The first-order valence-electron chi connectivity index (χ1n) is 17.6. The van der Waals surface area contributed by atoms with Gasteiger partial charge in [0.05, 0.1) is 33.0 Å². The fourth-order valence-corrected chi connectivity index (χ4v) is 7.01. The summed E-state index contributed by atoms with van der Waals surface area (Å²) < 4.78 is 48.9. The lowest BCUT2D eigenvalue weighted by Gasteiger charge is -2.49. The zero-order valence-electron chi connectivity index (χ0n) is 29.2. The molecular formula is C30H52O26. The van der Waals surface area contributed by atoms with Gasteiger partial charge in [-0.05, 0) is 0 Å². The van der Waals surface area contributed by atoms with E-state index in [9.17, 15) is 86.8 Å². The topological polar surface area (TPSA) is 427 Å². The van der Waals surface area contributed by atoms with Gasteiger partial charge >= 0.3 is 0 Å². The average Bonchev–Trinajstić information content (AvgIpc) is 3.18. The molecule has 5 rings (SSSR count). The minimum atomic E-state index is -2.18. The second-order valence-electron chi connectivity index (χ2n) is 13.9. The second-order valence-corrected chi connectivity index (χ2v) is 13.9. The van der Waals surface area contributed by atoms with Gasteiger partial charge in [-0.3, -0.25) is 0 Å². The lowest BCUT2D eigenvalue weighted by atomic mass is 9.95. The molecule has 26 nitrogen and oxygen atoms in total. The third-order valence-electron chi connectivity index (χ3n) is 10.3. The SMILES string of the molecule is OC[C@H]1O[C@@H](O[C@H]2[C@@H](O)[C@H](O[C@H]3[C@@H](O)[C@H](O[C@H]4[C@@H](O)[C@H](O[C@@H]5[C@H](O)[C@@H](CO)OC(O)[C@@H]5O)O[C@H](CO)[C@H]4O)O[C@H](CO)[C@H]3O)O[C@H](CO)[C@H]2O)[C@H](O)[C@H](O)[C@H]1O. The Balaban J connectivity index is 1.34. The molecular weight excluding hydrogens is 776 g/mol. The molecule has 0 bridgehead atoms. The maximum Gasteiger partial charge on any atom is 0.187 e. The molecule has 0 aliphatic carbocycles. The highest BCUT2D eigenvalue weighted by Gasteiger charge is 2.56. The molecule has 0 amide bonds. The van der Waals surface area contributed by atoms with E-state index in [0.717, 1.165) is 0 Å². The first-order chi connectivity index (χ1) is 26.5. The molecule has 328 valence electrons. The van der Waals surface area contributed by atoms with Crippen LogP contribution in [0, 0.1) is 0 Å². The first-order valence-corrected chi connectivity index (χ1v) is 17.6. The maximum atomic E-state index is 11.4. The van der Waals surface area contributed by atoms with E-state index in [2.05, 4.69) is 0 Å². The Labute approximate surface area is 316 Å². The second kappa shape index (κ2) is 19.6. The van der Waals surface area contributed by atoms with Crippen molar-refractivity contribution in [2.45, 2.75) is 154 Å². The number of ether oxygens (including phenoxy) is 9. The van der Waals surface area contributed by atoms with Gasteiger partial charge in [0.1, 0.15) is 122 Å². The van der Waals surface area contributed by atoms with Crippen molar-refractivity contribution >= 4 is 0 Å². The maximum absolute atomic E-state index is 11.4. The van der Waals surface area contributed by atoms with Gasteiger partial charge in [0.25, 0.3) is 0 Å². The van der Waals surface area contributed by atoms with Gasteiger partial charge in [-0.15, -0.1) is 0 Å². The normalized spacial score (nSPS) is 53.2. The molecule has 5 aliphatic heterocycles. The van der Waals surface area contributed by atoms with Gasteiger partial charge in [-0.2, -0.15) is 0 Å². The van der Waals surface area contributed by atoms with Crippen molar-refractivity contribution in [3.8, 4) is 0 Å². The third kappa shape index (κ3) is 9.16. The van der Waals surface area contributed by atoms with Crippen LogP contribution in [0.15, 0.2) is 0 Å². The van der Waals surface area contributed by atoms with Crippen molar-refractivity contribution in [3.63, 3.8) is 0 Å². The zero-order valence-corrected chi connectivity index (χ0v) is 29.2. The fourth-order valence-electron chi connectivity index (χ4n) is 7.01. The van der Waals surface area contributed by atoms with Gasteiger partial charge in [0, 0.05) is 0 Å². The summed E-state index contributed by atoms with van der Waals surface area (Å²) in [6, 6.07) is 0. The summed E-state index contributed by atoms with van der Waals surface area (Å²) in [6.45, 7) is -4.58. The van der Waals surface area contributed by atoms with Crippen LogP contribution in [0.2, 0.25) is 0 Å². The number of hydrogen-bond donors (Lipinski definition) is 17. The first kappa shape index (κ1) is 46.0. The van der Waals surface area contributed by atoms with Crippen LogP contribution in [0.5, 0.6) is 0 Å². The molecule has 5 fully saturated rings. The molecule has 0 aromatic heterocycles. The van der Waals surface area contributed by atoms with Crippen LogP contribution in [0.1, 0.15) is 0 Å². The van der Waals surface area contributed by atoms with Gasteiger partial charge in [-0.1, -0.05) is 0 Å². The van der Waals surface area contributed by atoms with Crippen molar-refractivity contribution in [1.82, 2.24) is 0 Å². The number of aliphatic hydroxyl groups excluding tert-OH is 17. The molecule has 0 aromatic rings. The van der Waals surface area contributed by atoms with Crippen LogP contribution in [0.3, 0.4) is 0 Å². The molecule has 0 radical (unpaired) electrons. The predicted molar refractivity (Wildman–Crippen MR) is 167 cm³/mol. The summed E-state index contributed by atoms with van der Waals surface area (Å²) in [5.41, 5.74) is 0. The predicted octanol–water partition coefficient (Wildman–Crippen LogP) is -11.9. The molecule has 25 atom stereocenters. The number of rotatable bonds is 13. The highest BCUT2D eigenvalue weighted by atomic mass is 16.8. The van der Waals surface area contributed by atoms with Gasteiger partial charge in [0.15, 0.2) is 31.5 Å². The summed E-state index contributed by atoms with van der Waals surface area (Å²) in [7, 11) is 0. The van der Waals surface area contributed by atoms with Crippen molar-refractivity contribution in [2.24, 2.45) is 0 Å². The zero-order chi connectivity index (χ0) is 41.3. The Morgan fingerprint density at radius 1 is 0.268 bits per heavy atom. The van der Waals surface area contributed by atoms with Crippen LogP contribution in [-0.2, 0) is 42.6 Å². The highest BCUT2D eigenvalue weighted by molar-refractivity contribution is 4.99. The highest BCUT2D eigenvalue weighted by Crippen LogP contribution is 2.35. The molecule has 5 heterocycles. The van der Waals surface area contributed by atoms with E-state index in [1.165, 1.54) is 0 Å². The van der Waals surface area contributed by atoms with Gasteiger partial charge < -0.3 is 129 Å². The Morgan fingerprint density at radius 2 is 0.518 bits per heavy atom. The van der Waals surface area contributed by atoms with E-state index in [0.29, 0.717) is 0 Å². The molecule has 0 saturated carbocycles. The van der Waals surface area contributed by atoms with E-state index in [1.807, 2.05) is 0 Å². The molecule has 17 N–H and O–H groups in total. The van der Waals surface area contributed by atoms with Crippen LogP contribution in [0.25, 0.3) is 0 Å². The Morgan fingerprint density at radius 3 is 0.821 bits per heavy atom. The minimum Gasteiger partial charge on any atom is -0.394 e. The molecule has 0 spiro atoms. The van der Waals surface area contributed by atoms with E-state index in [1.54, 1.807) is 0 Å². The summed E-state index contributed by atoms with van der Waals surface area (Å²) >= 11 is 0. The number of hydrogen-bond acceptors (Lipinski definition) is 26. The van der Waals surface area contributed by atoms with Crippen LogP contribution < -0.4 is 0 Å². The minimum absolute atomic E-state index is 0.837. The fraction of sp³-hybridized carbons (Fsp3) is 1.00. The van der Waals surface area contributed by atoms with Crippen LogP contribution in [-0.4, -0.2) is 273 Å². The van der Waals surface area contributed by atoms with Crippen molar-refractivity contribution < 1.29 is 129 Å². The molecule has 1 unspecified atom stereocenters. The lowest BCUT2D eigenvalue weighted by molar-refractivity contribution is -0.395. The molecule has 5 saturated heterocycles. The average molecular weight is 829 g/mol. The molecule has 56 heavy (non-hydrogen) atoms. The summed E-state index contributed by atoms with van der Waals surface area (Å²) in [4.78, 5) is 0. The Hall–Kier alpha value is -1.04. The summed E-state index contributed by atoms with van der Waals surface area (Å²) in [5, 5.41) is 177. The standard InChI is InChI=1S/C30H52O26/c31-1-6-11(36)16(41)17(42)27(49-6)54-23-13(38)8(3-33)51-29(19(23)44)56-25-15(40)10(5-35)52-30(21(25)46)55-24-14(39)9(4-34)50-28(20(24)45)53-22-12(37)7(2-32)48-26(47)18(22)43/h6-47H,1-5H2/t6-,7-,8-,9-,10-,11+,12-,13-,14-,15-,16-,17-,18-,19-,20-,21-,22-,23-,24-,25-,26?,27+,28+,29+,30+/m1/s1. The van der Waals surface area contributed by atoms with Gasteiger partial charge in [0.2, 0.25) is 0 Å². The summed E-state index contributed by atoms with van der Waals surface area (Å²) in [5.74, 6) is 0. The Kier molecular flexibility index (Phi) is 16.1. The molecule has 0 aromatic carbocycles. The monoisotopic (exact) mass is 828 g/mol. The van der Waals surface area contributed by atoms with Crippen molar-refractivity contribution in [2.75, 3.05) is 33.0 Å². The van der Waals surface area contributed by atoms with Gasteiger partial charge in [-0.25, -0.2) is 0 Å². The van der Waals surface area contributed by atoms with E-state index in [-0.39, 0.29) is 0 Å². The smallest absolute Gasteiger partial charge is 0.187 e.